The van der Waals surface area contributed by atoms with Gasteiger partial charge in [-0.15, -0.1) is 0 Å². The van der Waals surface area contributed by atoms with Crippen molar-refractivity contribution < 1.29 is 34.0 Å². The molecule has 14 heteroatoms. The maximum Gasteiger partial charge on any atom is 0.410 e. The number of imidazole rings is 1. The van der Waals surface area contributed by atoms with Gasteiger partial charge in [-0.2, -0.15) is 0 Å². The maximum atomic E-state index is 12.5. The van der Waals surface area contributed by atoms with Crippen LogP contribution in [0.5, 0.6) is 0 Å². The number of fused-ring (bicyclic) bond motifs is 1. The number of anilines is 1. The first-order chi connectivity index (χ1) is 19.9. The van der Waals surface area contributed by atoms with E-state index in [1.165, 1.54) is 10.9 Å². The molecule has 0 bridgehead atoms. The van der Waals surface area contributed by atoms with Gasteiger partial charge in [0.1, 0.15) is 23.8 Å². The van der Waals surface area contributed by atoms with Crippen molar-refractivity contribution in [3.63, 3.8) is 0 Å². The number of nitrogens with two attached hydrogens (primary N) is 1. The van der Waals surface area contributed by atoms with Crippen LogP contribution in [0.3, 0.4) is 0 Å². The van der Waals surface area contributed by atoms with E-state index in [0.29, 0.717) is 44.2 Å². The zero-order valence-corrected chi connectivity index (χ0v) is 22.6. The lowest BCUT2D eigenvalue weighted by atomic mass is 9.94. The molecule has 41 heavy (non-hydrogen) atoms. The monoisotopic (exact) mass is 569 g/mol. The van der Waals surface area contributed by atoms with E-state index in [1.54, 1.807) is 4.90 Å². The predicted molar refractivity (Wildman–Crippen MR) is 143 cm³/mol. The Kier molecular flexibility index (Phi) is 7.94. The summed E-state index contributed by atoms with van der Waals surface area (Å²) in [6, 6.07) is 0.0865. The molecule has 220 valence electrons. The summed E-state index contributed by atoms with van der Waals surface area (Å²) in [7, 11) is 0. The fraction of sp³-hybridized carbons (Fsp3) is 0.667. The van der Waals surface area contributed by atoms with Crippen molar-refractivity contribution in [1.29, 1.82) is 0 Å². The van der Waals surface area contributed by atoms with Crippen LogP contribution in [-0.2, 0) is 19.0 Å². The molecule has 3 aliphatic heterocycles. The molecule has 0 aromatic carbocycles. The highest BCUT2D eigenvalue weighted by molar-refractivity contribution is 5.83. The van der Waals surface area contributed by atoms with Gasteiger partial charge in [0.25, 0.3) is 5.91 Å². The van der Waals surface area contributed by atoms with Crippen LogP contribution < -0.4 is 11.1 Å². The Hall–Kier alpha value is -3.51. The van der Waals surface area contributed by atoms with Gasteiger partial charge in [0.2, 0.25) is 5.82 Å². The molecule has 5 N–H and O–H groups in total. The number of hydrogen-bond donors (Lipinski definition) is 4. The molecule has 14 nitrogen and oxygen atoms in total. The minimum Gasteiger partial charge on any atom is -0.446 e. The van der Waals surface area contributed by atoms with Gasteiger partial charge in [-0.25, -0.2) is 19.7 Å². The number of ether oxygens (including phenoxy) is 3. The molecule has 2 amide bonds. The molecule has 5 heterocycles. The van der Waals surface area contributed by atoms with Gasteiger partial charge < -0.3 is 40.4 Å². The van der Waals surface area contributed by atoms with Crippen molar-refractivity contribution in [2.24, 2.45) is 5.92 Å². The number of nitrogen functional groups attached to an aromatic ring is 1. The molecule has 4 fully saturated rings. The van der Waals surface area contributed by atoms with Crippen molar-refractivity contribution >= 4 is 29.0 Å². The van der Waals surface area contributed by atoms with Crippen LogP contribution in [0, 0.1) is 17.8 Å². The molecular formula is C27H35N7O7. The zero-order chi connectivity index (χ0) is 28.5. The summed E-state index contributed by atoms with van der Waals surface area (Å²) in [6.45, 7) is 2.50. The van der Waals surface area contributed by atoms with E-state index in [0.717, 1.165) is 38.5 Å². The first-order valence-electron chi connectivity index (χ1n) is 14.2. The second-order valence-electron chi connectivity index (χ2n) is 11.1. The third-order valence-corrected chi connectivity index (χ3v) is 8.04. The molecule has 2 aromatic heterocycles. The summed E-state index contributed by atoms with van der Waals surface area (Å²) in [5, 5.41) is 24.0. The number of likely N-dealkylation sites (tertiary alicyclic amines) is 1. The van der Waals surface area contributed by atoms with Crippen LogP contribution in [0.4, 0.5) is 10.6 Å². The van der Waals surface area contributed by atoms with Crippen LogP contribution >= 0.6 is 0 Å². The lowest BCUT2D eigenvalue weighted by Crippen LogP contribution is -2.43. The molecule has 1 aliphatic carbocycles. The summed E-state index contributed by atoms with van der Waals surface area (Å²) in [4.78, 5) is 39.7. The highest BCUT2D eigenvalue weighted by atomic mass is 16.6. The molecular weight excluding hydrogens is 534 g/mol. The summed E-state index contributed by atoms with van der Waals surface area (Å²) >= 11 is 0. The number of aliphatic hydroxyl groups is 2. The Morgan fingerprint density at radius 2 is 1.85 bits per heavy atom. The number of nitrogens with one attached hydrogen (secondary N) is 1. The molecule has 0 spiro atoms. The van der Waals surface area contributed by atoms with Crippen molar-refractivity contribution in [3.8, 4) is 11.8 Å². The standard InChI is InChI=1S/C27H35N7O7/c28-23-19-24(34(14-29-19)26-21(36)20(35)22(41-26)25(37)30-16-4-5-16)32-18(31-23)3-1-2-15-6-10-33(11-7-15)27(38)40-17-8-12-39-13-9-17/h14-17,20-22,26,35-36H,2,4-13H2,(H,30,37)(H2,28,31,32)/t20?,21-,22-,26+/m0/s1. The maximum absolute atomic E-state index is 12.5. The van der Waals surface area contributed by atoms with E-state index in [9.17, 15) is 19.8 Å². The van der Waals surface area contributed by atoms with Gasteiger partial charge in [-0.3, -0.25) is 9.36 Å². The number of carbonyl (C=O) groups is 2. The number of carbonyl (C=O) groups excluding carboxylic acids is 2. The summed E-state index contributed by atoms with van der Waals surface area (Å²) in [5.41, 5.74) is 6.70. The smallest absolute Gasteiger partial charge is 0.410 e. The van der Waals surface area contributed by atoms with E-state index in [1.807, 2.05) is 0 Å². The molecule has 1 unspecified atom stereocenters. The van der Waals surface area contributed by atoms with Crippen molar-refractivity contribution in [2.75, 3.05) is 32.0 Å². The van der Waals surface area contributed by atoms with Crippen LogP contribution in [0.1, 0.15) is 57.0 Å². The fourth-order valence-electron chi connectivity index (χ4n) is 5.40. The predicted octanol–water partition coefficient (Wildman–Crippen LogP) is 0.0755. The van der Waals surface area contributed by atoms with Gasteiger partial charge in [0.15, 0.2) is 23.8 Å². The number of piperidine rings is 1. The SMILES string of the molecule is Nc1nc(C#CCC2CCN(C(=O)OC3CCOCC3)CC2)nc2c1ncn2[C@@H]1O[C@H](C(=O)NC2CC2)C(O)[C@@H]1O. The number of rotatable bonds is 5. The van der Waals surface area contributed by atoms with E-state index < -0.39 is 30.4 Å². The molecule has 4 atom stereocenters. The first-order valence-corrected chi connectivity index (χ1v) is 14.2. The average molecular weight is 570 g/mol. The molecule has 6 rings (SSSR count). The molecule has 1 saturated carbocycles. The second-order valence-corrected chi connectivity index (χ2v) is 11.1. The van der Waals surface area contributed by atoms with Crippen LogP contribution in [0.2, 0.25) is 0 Å². The second kappa shape index (κ2) is 11.8. The summed E-state index contributed by atoms with van der Waals surface area (Å²) < 4.78 is 18.1. The number of aromatic nitrogens is 4. The molecule has 2 aromatic rings. The van der Waals surface area contributed by atoms with E-state index >= 15 is 0 Å². The largest absolute Gasteiger partial charge is 0.446 e. The van der Waals surface area contributed by atoms with Crippen LogP contribution in [0.25, 0.3) is 11.2 Å². The molecule has 4 aliphatic rings. The third-order valence-electron chi connectivity index (χ3n) is 8.04. The Labute approximate surface area is 236 Å². The first kappa shape index (κ1) is 27.6. The van der Waals surface area contributed by atoms with Crippen molar-refractivity contribution in [2.45, 2.75) is 81.6 Å². The quantitative estimate of drug-likeness (QED) is 0.357. The van der Waals surface area contributed by atoms with Crippen molar-refractivity contribution in [1.82, 2.24) is 29.7 Å². The lowest BCUT2D eigenvalue weighted by molar-refractivity contribution is -0.137. The summed E-state index contributed by atoms with van der Waals surface area (Å²) in [6.07, 6.45) is 1.46. The Morgan fingerprint density at radius 3 is 2.59 bits per heavy atom. The number of aliphatic hydroxyl groups excluding tert-OH is 2. The van der Waals surface area contributed by atoms with Gasteiger partial charge in [-0.05, 0) is 37.5 Å². The number of nitrogens with zero attached hydrogens (tertiary/aromatic N) is 5. The fourth-order valence-corrected chi connectivity index (χ4v) is 5.40. The van der Waals surface area contributed by atoms with E-state index in [-0.39, 0.29) is 35.5 Å². The average Bonchev–Trinajstić information content (AvgIpc) is 3.61. The lowest BCUT2D eigenvalue weighted by Gasteiger charge is -2.32. The Morgan fingerprint density at radius 1 is 1.10 bits per heavy atom. The topological polar surface area (TPSA) is 187 Å². The third kappa shape index (κ3) is 6.08. The van der Waals surface area contributed by atoms with Crippen LogP contribution in [0.15, 0.2) is 6.33 Å². The number of hydrogen-bond acceptors (Lipinski definition) is 11. The van der Waals surface area contributed by atoms with Gasteiger partial charge in [0, 0.05) is 38.4 Å². The molecule has 3 saturated heterocycles. The molecule has 0 radical (unpaired) electrons. The van der Waals surface area contributed by atoms with Crippen molar-refractivity contribution in [3.05, 3.63) is 12.2 Å². The van der Waals surface area contributed by atoms with Crippen LogP contribution in [-0.4, -0.2) is 103 Å². The van der Waals surface area contributed by atoms with Gasteiger partial charge in [-0.1, -0.05) is 5.92 Å². The van der Waals surface area contributed by atoms with E-state index in [2.05, 4.69) is 32.1 Å². The highest BCUT2D eigenvalue weighted by Crippen LogP contribution is 2.33. The Bertz CT molecular complexity index is 1340. The highest BCUT2D eigenvalue weighted by Gasteiger charge is 2.48. The summed E-state index contributed by atoms with van der Waals surface area (Å²) in [5.74, 6) is 6.26. The minimum atomic E-state index is -1.41. The normalized spacial score (nSPS) is 27.4. The zero-order valence-electron chi connectivity index (χ0n) is 22.6. The minimum absolute atomic E-state index is 0.0669. The Balaban J connectivity index is 1.07. The van der Waals surface area contributed by atoms with Gasteiger partial charge >= 0.3 is 6.09 Å². The van der Waals surface area contributed by atoms with Gasteiger partial charge in [0.05, 0.1) is 19.5 Å². The number of amides is 2. The van der Waals surface area contributed by atoms with E-state index in [4.69, 9.17) is 19.9 Å².